The Labute approximate surface area is 168 Å². The van der Waals surface area contributed by atoms with Crippen LogP contribution in [0.1, 0.15) is 12.5 Å². The Morgan fingerprint density at radius 3 is 2.63 bits per heavy atom. The van der Waals surface area contributed by atoms with Crippen molar-refractivity contribution in [2.24, 2.45) is 0 Å². The molecular weight excluding hydrogens is 426 g/mol. The van der Waals surface area contributed by atoms with Crippen molar-refractivity contribution < 1.29 is 8.42 Å². The number of hydrogen-bond donors (Lipinski definition) is 2. The molecule has 0 aliphatic heterocycles. The summed E-state index contributed by atoms with van der Waals surface area (Å²) in [6.45, 7) is 3.21. The van der Waals surface area contributed by atoms with Crippen LogP contribution in [0.25, 0.3) is 10.8 Å². The number of benzene rings is 2. The van der Waals surface area contributed by atoms with E-state index in [-0.39, 0.29) is 10.9 Å². The molecule has 0 radical (unpaired) electrons. The molecule has 142 valence electrons. The number of hydrogen-bond acceptors (Lipinski definition) is 4. The lowest BCUT2D eigenvalue weighted by molar-refractivity contribution is 0.537. The molecule has 0 amide bonds. The maximum Gasteiger partial charge on any atom is 0.240 e. The third kappa shape index (κ3) is 5.59. The Kier molecular flexibility index (Phi) is 6.59. The van der Waals surface area contributed by atoms with Gasteiger partial charge >= 0.3 is 0 Å². The zero-order valence-corrected chi connectivity index (χ0v) is 17.4. The molecule has 0 saturated carbocycles. The second-order valence-corrected chi connectivity index (χ2v) is 9.12. The second kappa shape index (κ2) is 8.93. The van der Waals surface area contributed by atoms with Crippen molar-refractivity contribution >= 4 is 36.7 Å². The Bertz CT molecular complexity index is 1010. The number of fused-ring (bicyclic) bond motifs is 1. The van der Waals surface area contributed by atoms with Gasteiger partial charge in [0.15, 0.2) is 0 Å². The van der Waals surface area contributed by atoms with Gasteiger partial charge in [0.25, 0.3) is 0 Å². The molecule has 0 aliphatic carbocycles. The number of nitrogens with zero attached hydrogens (tertiary/aromatic N) is 1. The normalized spacial score (nSPS) is 13.0. The minimum absolute atomic E-state index is 0.215. The zero-order valence-electron chi connectivity index (χ0n) is 15.0. The molecule has 5 nitrogen and oxygen atoms in total. The number of sulfonamides is 1. The number of rotatable bonds is 8. The first kappa shape index (κ1) is 19.9. The van der Waals surface area contributed by atoms with E-state index < -0.39 is 10.0 Å². The van der Waals surface area contributed by atoms with Gasteiger partial charge in [-0.2, -0.15) is 0 Å². The largest absolute Gasteiger partial charge is 0.315 e. The van der Waals surface area contributed by atoms with Crippen LogP contribution in [-0.2, 0) is 16.4 Å². The first-order valence-electron chi connectivity index (χ1n) is 8.75. The summed E-state index contributed by atoms with van der Waals surface area (Å²) in [7, 11) is -3.56. The van der Waals surface area contributed by atoms with Gasteiger partial charge in [-0.1, -0.05) is 34.1 Å². The van der Waals surface area contributed by atoms with Gasteiger partial charge in [0, 0.05) is 34.8 Å². The summed E-state index contributed by atoms with van der Waals surface area (Å²) in [5, 5.41) is 5.08. The average molecular weight is 448 g/mol. The van der Waals surface area contributed by atoms with Crippen molar-refractivity contribution in [3.8, 4) is 0 Å². The van der Waals surface area contributed by atoms with Crippen molar-refractivity contribution in [3.05, 3.63) is 71.0 Å². The van der Waals surface area contributed by atoms with Crippen molar-refractivity contribution in [1.29, 1.82) is 0 Å². The molecule has 0 bridgehead atoms. The minimum atomic E-state index is -3.56. The van der Waals surface area contributed by atoms with Crippen LogP contribution in [0, 0.1) is 0 Å². The number of nitrogens with one attached hydrogen (secondary N) is 2. The molecule has 2 N–H and O–H groups in total. The quantitative estimate of drug-likeness (QED) is 0.518. The van der Waals surface area contributed by atoms with Crippen molar-refractivity contribution in [3.63, 3.8) is 0 Å². The minimum Gasteiger partial charge on any atom is -0.315 e. The Morgan fingerprint density at radius 2 is 1.85 bits per heavy atom. The summed E-state index contributed by atoms with van der Waals surface area (Å²) >= 11 is 3.42. The van der Waals surface area contributed by atoms with Crippen LogP contribution >= 0.6 is 15.9 Å². The van der Waals surface area contributed by atoms with E-state index in [0.717, 1.165) is 28.2 Å². The van der Waals surface area contributed by atoms with Crippen LogP contribution in [0.4, 0.5) is 0 Å². The van der Waals surface area contributed by atoms with E-state index in [2.05, 4.69) is 43.1 Å². The molecule has 7 heteroatoms. The van der Waals surface area contributed by atoms with E-state index in [1.807, 2.05) is 25.1 Å². The molecule has 3 rings (SSSR count). The maximum atomic E-state index is 12.6. The Hall–Kier alpha value is -1.80. The van der Waals surface area contributed by atoms with Gasteiger partial charge in [-0.15, -0.1) is 0 Å². The van der Waals surface area contributed by atoms with Crippen LogP contribution in [0.3, 0.4) is 0 Å². The van der Waals surface area contributed by atoms with Crippen LogP contribution in [-0.4, -0.2) is 32.5 Å². The summed E-state index contributed by atoms with van der Waals surface area (Å²) in [6, 6.07) is 14.8. The third-order valence-electron chi connectivity index (χ3n) is 4.23. The highest BCUT2D eigenvalue weighted by molar-refractivity contribution is 9.10. The Morgan fingerprint density at radius 1 is 1.07 bits per heavy atom. The fraction of sp³-hybridized carbons (Fsp3) is 0.250. The van der Waals surface area contributed by atoms with Gasteiger partial charge in [0.05, 0.1) is 4.90 Å². The van der Waals surface area contributed by atoms with Gasteiger partial charge in [-0.3, -0.25) is 4.98 Å². The van der Waals surface area contributed by atoms with E-state index in [0.29, 0.717) is 6.54 Å². The average Bonchev–Trinajstić information content (AvgIpc) is 2.66. The topological polar surface area (TPSA) is 71.1 Å². The smallest absolute Gasteiger partial charge is 0.240 e. The SMILES string of the molecule is C[C@H](CNCCc1ccc(Br)cc1)NS(=O)(=O)c1ccc2cnccc2c1. The molecule has 1 heterocycles. The molecule has 0 fully saturated rings. The van der Waals surface area contributed by atoms with Crippen molar-refractivity contribution in [2.75, 3.05) is 13.1 Å². The van der Waals surface area contributed by atoms with Gasteiger partial charge in [0.2, 0.25) is 10.0 Å². The molecular formula is C20H22BrN3O2S. The zero-order chi connectivity index (χ0) is 19.3. The maximum absolute atomic E-state index is 12.6. The van der Waals surface area contributed by atoms with E-state index in [4.69, 9.17) is 0 Å². The summed E-state index contributed by atoms with van der Waals surface area (Å²) in [4.78, 5) is 4.31. The molecule has 27 heavy (non-hydrogen) atoms. The Balaban J connectivity index is 1.52. The fourth-order valence-electron chi connectivity index (χ4n) is 2.81. The summed E-state index contributed by atoms with van der Waals surface area (Å²) in [5.41, 5.74) is 1.24. The monoisotopic (exact) mass is 447 g/mol. The highest BCUT2D eigenvalue weighted by atomic mass is 79.9. The van der Waals surface area contributed by atoms with E-state index >= 15 is 0 Å². The molecule has 0 saturated heterocycles. The van der Waals surface area contributed by atoms with Crippen molar-refractivity contribution in [2.45, 2.75) is 24.3 Å². The van der Waals surface area contributed by atoms with Gasteiger partial charge in [-0.05, 0) is 61.2 Å². The highest BCUT2D eigenvalue weighted by Gasteiger charge is 2.17. The molecule has 3 aromatic rings. The van der Waals surface area contributed by atoms with Gasteiger partial charge < -0.3 is 5.32 Å². The van der Waals surface area contributed by atoms with Crippen LogP contribution in [0.5, 0.6) is 0 Å². The lowest BCUT2D eigenvalue weighted by Crippen LogP contribution is -2.40. The summed E-state index contributed by atoms with van der Waals surface area (Å²) in [6.07, 6.45) is 4.27. The lowest BCUT2D eigenvalue weighted by atomic mass is 10.1. The fourth-order valence-corrected chi connectivity index (χ4v) is 4.35. The van der Waals surface area contributed by atoms with Gasteiger partial charge in [0.1, 0.15) is 0 Å². The molecule has 2 aromatic carbocycles. The highest BCUT2D eigenvalue weighted by Crippen LogP contribution is 2.18. The molecule has 0 spiro atoms. The summed E-state index contributed by atoms with van der Waals surface area (Å²) in [5.74, 6) is 0. The van der Waals surface area contributed by atoms with Crippen molar-refractivity contribution in [1.82, 2.24) is 15.0 Å². The van der Waals surface area contributed by atoms with Crippen LogP contribution in [0.2, 0.25) is 0 Å². The van der Waals surface area contributed by atoms with Gasteiger partial charge in [-0.25, -0.2) is 13.1 Å². The van der Waals surface area contributed by atoms with Crippen LogP contribution < -0.4 is 10.0 Å². The predicted octanol–water partition coefficient (Wildman–Crippen LogP) is 3.50. The van der Waals surface area contributed by atoms with Crippen LogP contribution in [0.15, 0.2) is 70.3 Å². The first-order chi connectivity index (χ1) is 12.9. The number of halogens is 1. The summed E-state index contributed by atoms with van der Waals surface area (Å²) < 4.78 is 29.0. The first-order valence-corrected chi connectivity index (χ1v) is 11.0. The molecule has 1 atom stereocenters. The van der Waals surface area contributed by atoms with E-state index in [1.54, 1.807) is 30.6 Å². The molecule has 0 unspecified atom stereocenters. The van der Waals surface area contributed by atoms with E-state index in [1.165, 1.54) is 5.56 Å². The number of aromatic nitrogens is 1. The standard InChI is InChI=1S/C20H22BrN3O2S/c1-15(13-22-10-8-16-2-5-19(21)6-3-16)24-27(25,26)20-7-4-18-14-23-11-9-17(18)12-20/h2-7,9,11-12,14-15,22,24H,8,10,13H2,1H3/t15-/m1/s1. The molecule has 0 aliphatic rings. The molecule has 1 aromatic heterocycles. The third-order valence-corrected chi connectivity index (χ3v) is 6.35. The second-order valence-electron chi connectivity index (χ2n) is 6.49. The predicted molar refractivity (Wildman–Crippen MR) is 112 cm³/mol. The van der Waals surface area contributed by atoms with E-state index in [9.17, 15) is 8.42 Å². The number of pyridine rings is 1. The lowest BCUT2D eigenvalue weighted by Gasteiger charge is -2.15.